The minimum absolute atomic E-state index is 0.172. The van der Waals surface area contributed by atoms with Gasteiger partial charge in [0.2, 0.25) is 0 Å². The maximum atomic E-state index is 12.6. The first-order chi connectivity index (χ1) is 9.55. The van der Waals surface area contributed by atoms with Crippen LogP contribution in [0.3, 0.4) is 0 Å². The molecule has 108 valence electrons. The van der Waals surface area contributed by atoms with E-state index in [1.807, 2.05) is 18.2 Å². The fourth-order valence-corrected chi connectivity index (χ4v) is 3.09. The number of carbonyl (C=O) groups is 1. The van der Waals surface area contributed by atoms with Crippen LogP contribution in [-0.4, -0.2) is 19.0 Å². The van der Waals surface area contributed by atoms with Crippen molar-refractivity contribution in [1.82, 2.24) is 0 Å². The molecule has 1 fully saturated rings. The van der Waals surface area contributed by atoms with Gasteiger partial charge >= 0.3 is 0 Å². The highest BCUT2D eigenvalue weighted by Crippen LogP contribution is 2.40. The molecule has 1 aromatic carbocycles. The zero-order valence-corrected chi connectivity index (χ0v) is 12.3. The Morgan fingerprint density at radius 1 is 1.10 bits per heavy atom. The third-order valence-electron chi connectivity index (χ3n) is 4.54. The van der Waals surface area contributed by atoms with Crippen LogP contribution in [0.5, 0.6) is 11.5 Å². The van der Waals surface area contributed by atoms with Crippen LogP contribution in [0.4, 0.5) is 0 Å². The van der Waals surface area contributed by atoms with Crippen LogP contribution in [0.2, 0.25) is 0 Å². The number of benzene rings is 1. The lowest BCUT2D eigenvalue weighted by atomic mass is 9.71. The molecule has 0 bridgehead atoms. The van der Waals surface area contributed by atoms with Gasteiger partial charge in [-0.3, -0.25) is 4.79 Å². The number of Topliss-reactive ketones (excluding diaryl/α,β-unsaturated/α-hetero) is 1. The van der Waals surface area contributed by atoms with E-state index in [0.29, 0.717) is 24.4 Å². The molecule has 0 N–H and O–H groups in total. The molecule has 3 nitrogen and oxygen atoms in total. The minimum atomic E-state index is 0.172. The number of rotatable bonds is 2. The zero-order valence-electron chi connectivity index (χ0n) is 12.3. The van der Waals surface area contributed by atoms with Crippen molar-refractivity contribution < 1.29 is 14.3 Å². The second kappa shape index (κ2) is 5.12. The van der Waals surface area contributed by atoms with E-state index >= 15 is 0 Å². The number of fused-ring (bicyclic) bond motifs is 1. The average Bonchev–Trinajstić information content (AvgIpc) is 2.46. The fraction of sp³-hybridized carbons (Fsp3) is 0.588. The largest absolute Gasteiger partial charge is 0.486 e. The molecule has 2 aliphatic rings. The van der Waals surface area contributed by atoms with Crippen molar-refractivity contribution in [3.05, 3.63) is 23.8 Å². The molecule has 1 saturated carbocycles. The molecule has 1 heterocycles. The van der Waals surface area contributed by atoms with Gasteiger partial charge in [0.25, 0.3) is 0 Å². The lowest BCUT2D eigenvalue weighted by molar-refractivity contribution is 0.0837. The minimum Gasteiger partial charge on any atom is -0.486 e. The van der Waals surface area contributed by atoms with Crippen molar-refractivity contribution in [2.24, 2.45) is 11.3 Å². The van der Waals surface area contributed by atoms with Gasteiger partial charge < -0.3 is 9.47 Å². The van der Waals surface area contributed by atoms with E-state index in [2.05, 4.69) is 13.8 Å². The third kappa shape index (κ3) is 2.67. The first-order valence-corrected chi connectivity index (χ1v) is 7.49. The maximum absolute atomic E-state index is 12.6. The molecular weight excluding hydrogens is 252 g/mol. The topological polar surface area (TPSA) is 35.5 Å². The Kier molecular flexibility index (Phi) is 3.45. The molecule has 3 heteroatoms. The molecule has 0 amide bonds. The third-order valence-corrected chi connectivity index (χ3v) is 4.54. The van der Waals surface area contributed by atoms with Gasteiger partial charge in [-0.1, -0.05) is 13.8 Å². The second-order valence-electron chi connectivity index (χ2n) is 6.66. The summed E-state index contributed by atoms with van der Waals surface area (Å²) in [7, 11) is 0. The Morgan fingerprint density at radius 3 is 2.45 bits per heavy atom. The van der Waals surface area contributed by atoms with Crippen molar-refractivity contribution in [1.29, 1.82) is 0 Å². The van der Waals surface area contributed by atoms with Gasteiger partial charge in [0.05, 0.1) is 0 Å². The van der Waals surface area contributed by atoms with Crippen LogP contribution in [0.1, 0.15) is 49.9 Å². The smallest absolute Gasteiger partial charge is 0.166 e. The van der Waals surface area contributed by atoms with E-state index in [1.54, 1.807) is 0 Å². The summed E-state index contributed by atoms with van der Waals surface area (Å²) in [5.41, 5.74) is 1.16. The van der Waals surface area contributed by atoms with Crippen molar-refractivity contribution in [3.8, 4) is 11.5 Å². The molecule has 0 saturated heterocycles. The molecule has 0 unspecified atom stereocenters. The normalized spacial score (nSPS) is 21.5. The molecule has 0 atom stereocenters. The molecule has 20 heavy (non-hydrogen) atoms. The highest BCUT2D eigenvalue weighted by molar-refractivity contribution is 5.98. The molecule has 1 aliphatic heterocycles. The Morgan fingerprint density at radius 2 is 1.75 bits per heavy atom. The SMILES string of the molecule is CC1(C)CCC(C(=O)c2ccc3c(c2)OCCO3)CC1. The number of ketones is 1. The summed E-state index contributed by atoms with van der Waals surface area (Å²) < 4.78 is 11.1. The lowest BCUT2D eigenvalue weighted by Crippen LogP contribution is -2.26. The predicted octanol–water partition coefficient (Wildman–Crippen LogP) is 3.86. The monoisotopic (exact) mass is 274 g/mol. The van der Waals surface area contributed by atoms with Gasteiger partial charge in [0.1, 0.15) is 13.2 Å². The van der Waals surface area contributed by atoms with Crippen LogP contribution >= 0.6 is 0 Å². The standard InChI is InChI=1S/C17H22O3/c1-17(2)7-5-12(6-8-17)16(18)13-3-4-14-15(11-13)20-10-9-19-14/h3-4,11-12H,5-10H2,1-2H3. The first kappa shape index (κ1) is 13.5. The Bertz CT molecular complexity index is 509. The zero-order chi connectivity index (χ0) is 14.2. The van der Waals surface area contributed by atoms with Crippen molar-refractivity contribution in [2.45, 2.75) is 39.5 Å². The fourth-order valence-electron chi connectivity index (χ4n) is 3.09. The second-order valence-corrected chi connectivity index (χ2v) is 6.66. The molecule has 3 rings (SSSR count). The number of ether oxygens (including phenoxy) is 2. The highest BCUT2D eigenvalue weighted by Gasteiger charge is 2.31. The quantitative estimate of drug-likeness (QED) is 0.768. The molecule has 1 aliphatic carbocycles. The molecule has 1 aromatic rings. The van der Waals surface area contributed by atoms with Gasteiger partial charge in [-0.25, -0.2) is 0 Å². The van der Waals surface area contributed by atoms with E-state index in [0.717, 1.165) is 37.0 Å². The van der Waals surface area contributed by atoms with Crippen molar-refractivity contribution >= 4 is 5.78 Å². The van der Waals surface area contributed by atoms with E-state index < -0.39 is 0 Å². The number of carbonyl (C=O) groups excluding carboxylic acids is 1. The summed E-state index contributed by atoms with van der Waals surface area (Å²) in [6.07, 6.45) is 4.27. The Hall–Kier alpha value is -1.51. The summed E-state index contributed by atoms with van der Waals surface area (Å²) in [5.74, 6) is 1.89. The van der Waals surface area contributed by atoms with Crippen LogP contribution in [0.15, 0.2) is 18.2 Å². The molecular formula is C17H22O3. The molecule has 0 spiro atoms. The van der Waals surface area contributed by atoms with Gasteiger partial charge in [-0.15, -0.1) is 0 Å². The predicted molar refractivity (Wildman–Crippen MR) is 77.5 cm³/mol. The van der Waals surface area contributed by atoms with E-state index in [1.165, 1.54) is 0 Å². The number of hydrogen-bond donors (Lipinski definition) is 0. The summed E-state index contributed by atoms with van der Waals surface area (Å²) in [6.45, 7) is 5.72. The van der Waals surface area contributed by atoms with Gasteiger partial charge in [0, 0.05) is 11.5 Å². The summed E-state index contributed by atoms with van der Waals surface area (Å²) in [4.78, 5) is 12.6. The summed E-state index contributed by atoms with van der Waals surface area (Å²) >= 11 is 0. The molecule has 0 radical (unpaired) electrons. The van der Waals surface area contributed by atoms with Crippen LogP contribution < -0.4 is 9.47 Å². The van der Waals surface area contributed by atoms with Crippen LogP contribution in [-0.2, 0) is 0 Å². The average molecular weight is 274 g/mol. The van der Waals surface area contributed by atoms with Crippen LogP contribution in [0.25, 0.3) is 0 Å². The van der Waals surface area contributed by atoms with Gasteiger partial charge in [0.15, 0.2) is 17.3 Å². The Balaban J connectivity index is 1.74. The first-order valence-electron chi connectivity index (χ1n) is 7.49. The van der Waals surface area contributed by atoms with Crippen molar-refractivity contribution in [3.63, 3.8) is 0 Å². The van der Waals surface area contributed by atoms with E-state index in [-0.39, 0.29) is 11.7 Å². The van der Waals surface area contributed by atoms with E-state index in [4.69, 9.17) is 9.47 Å². The van der Waals surface area contributed by atoms with Gasteiger partial charge in [-0.2, -0.15) is 0 Å². The van der Waals surface area contributed by atoms with Gasteiger partial charge in [-0.05, 0) is 49.3 Å². The summed E-state index contributed by atoms with van der Waals surface area (Å²) in [5, 5.41) is 0. The van der Waals surface area contributed by atoms with E-state index in [9.17, 15) is 4.79 Å². The maximum Gasteiger partial charge on any atom is 0.166 e. The van der Waals surface area contributed by atoms with Crippen LogP contribution in [0, 0.1) is 11.3 Å². The van der Waals surface area contributed by atoms with Crippen molar-refractivity contribution in [2.75, 3.05) is 13.2 Å². The summed E-state index contributed by atoms with van der Waals surface area (Å²) in [6, 6.07) is 5.57. The number of hydrogen-bond acceptors (Lipinski definition) is 3. The highest BCUT2D eigenvalue weighted by atomic mass is 16.6. The molecule has 0 aromatic heterocycles. The Labute approximate surface area is 120 Å². The lowest BCUT2D eigenvalue weighted by Gasteiger charge is -2.33.